The Labute approximate surface area is 121 Å². The molecule has 20 heavy (non-hydrogen) atoms. The first kappa shape index (κ1) is 16.7. The molecule has 0 aliphatic rings. The summed E-state index contributed by atoms with van der Waals surface area (Å²) in [5, 5.41) is 15.5. The molecule has 0 fully saturated rings. The lowest BCUT2D eigenvalue weighted by molar-refractivity contribution is -0.121. The van der Waals surface area contributed by atoms with Crippen LogP contribution in [0.15, 0.2) is 30.3 Å². The predicted octanol–water partition coefficient (Wildman–Crippen LogP) is 1.48. The second-order valence-corrected chi connectivity index (χ2v) is 5.03. The number of amides is 1. The van der Waals surface area contributed by atoms with Crippen molar-refractivity contribution in [3.8, 4) is 0 Å². The highest BCUT2D eigenvalue weighted by Gasteiger charge is 2.12. The van der Waals surface area contributed by atoms with Crippen LogP contribution in [0.3, 0.4) is 0 Å². The van der Waals surface area contributed by atoms with Gasteiger partial charge in [-0.05, 0) is 24.8 Å². The first-order chi connectivity index (χ1) is 9.69. The van der Waals surface area contributed by atoms with Gasteiger partial charge in [0.2, 0.25) is 5.91 Å². The summed E-state index contributed by atoms with van der Waals surface area (Å²) in [5.41, 5.74) is 1.15. The first-order valence-corrected chi connectivity index (χ1v) is 7.37. The fraction of sp³-hybridized carbons (Fsp3) is 0.562. The summed E-state index contributed by atoms with van der Waals surface area (Å²) in [4.78, 5) is 11.8. The number of aliphatic hydroxyl groups excluding tert-OH is 1. The molecule has 3 N–H and O–H groups in total. The molecule has 4 heteroatoms. The maximum Gasteiger partial charge on any atom is 0.234 e. The van der Waals surface area contributed by atoms with Gasteiger partial charge in [0.05, 0.1) is 13.2 Å². The molecule has 1 rings (SSSR count). The molecule has 4 nitrogen and oxygen atoms in total. The van der Waals surface area contributed by atoms with Gasteiger partial charge in [0.15, 0.2) is 0 Å². The molecule has 1 atom stereocenters. The van der Waals surface area contributed by atoms with Crippen molar-refractivity contribution in [2.75, 3.05) is 13.2 Å². The Bertz CT molecular complexity index is 377. The Morgan fingerprint density at radius 1 is 1.15 bits per heavy atom. The van der Waals surface area contributed by atoms with Gasteiger partial charge in [-0.15, -0.1) is 0 Å². The molecule has 1 aromatic rings. The van der Waals surface area contributed by atoms with Gasteiger partial charge < -0.3 is 15.7 Å². The van der Waals surface area contributed by atoms with E-state index in [-0.39, 0.29) is 31.1 Å². The summed E-state index contributed by atoms with van der Waals surface area (Å²) in [7, 11) is 0. The van der Waals surface area contributed by atoms with Gasteiger partial charge in [0.25, 0.3) is 0 Å². The summed E-state index contributed by atoms with van der Waals surface area (Å²) in [6.45, 7) is 4.39. The highest BCUT2D eigenvalue weighted by Crippen LogP contribution is 2.02. The van der Waals surface area contributed by atoms with Crippen LogP contribution in [0, 0.1) is 0 Å². The van der Waals surface area contributed by atoms with E-state index >= 15 is 0 Å². The van der Waals surface area contributed by atoms with Crippen molar-refractivity contribution >= 4 is 5.91 Å². The van der Waals surface area contributed by atoms with Gasteiger partial charge >= 0.3 is 0 Å². The van der Waals surface area contributed by atoms with Crippen molar-refractivity contribution < 1.29 is 9.90 Å². The number of aliphatic hydroxyl groups is 1. The molecule has 0 aliphatic heterocycles. The van der Waals surface area contributed by atoms with Gasteiger partial charge in [-0.3, -0.25) is 4.79 Å². The van der Waals surface area contributed by atoms with Crippen molar-refractivity contribution in [3.63, 3.8) is 0 Å². The van der Waals surface area contributed by atoms with Crippen LogP contribution in [0.2, 0.25) is 0 Å². The van der Waals surface area contributed by atoms with E-state index in [2.05, 4.69) is 24.5 Å². The third-order valence-corrected chi connectivity index (χ3v) is 3.45. The minimum atomic E-state index is -0.0927. The summed E-state index contributed by atoms with van der Waals surface area (Å²) in [5.74, 6) is -0.00906. The fourth-order valence-corrected chi connectivity index (χ4v) is 2.11. The molecule has 0 saturated heterocycles. The van der Waals surface area contributed by atoms with Gasteiger partial charge in [-0.2, -0.15) is 0 Å². The van der Waals surface area contributed by atoms with Gasteiger partial charge in [-0.25, -0.2) is 0 Å². The van der Waals surface area contributed by atoms with E-state index in [9.17, 15) is 9.90 Å². The number of carbonyl (C=O) groups excluding carboxylic acids is 1. The first-order valence-electron chi connectivity index (χ1n) is 7.37. The average Bonchev–Trinajstić information content (AvgIpc) is 2.50. The highest BCUT2D eigenvalue weighted by atomic mass is 16.3. The lowest BCUT2D eigenvalue weighted by Crippen LogP contribution is -2.44. The molecular weight excluding hydrogens is 252 g/mol. The molecule has 1 amide bonds. The van der Waals surface area contributed by atoms with Gasteiger partial charge in [0.1, 0.15) is 0 Å². The van der Waals surface area contributed by atoms with E-state index in [0.717, 1.165) is 24.8 Å². The molecule has 1 unspecified atom stereocenters. The number of benzene rings is 1. The Kier molecular flexibility index (Phi) is 7.92. The summed E-state index contributed by atoms with van der Waals surface area (Å²) in [6.07, 6.45) is 2.60. The van der Waals surface area contributed by atoms with Crippen LogP contribution in [0.25, 0.3) is 0 Å². The molecule has 0 aromatic heterocycles. The Hall–Kier alpha value is -1.39. The van der Waals surface area contributed by atoms with E-state index in [1.165, 1.54) is 0 Å². The lowest BCUT2D eigenvalue weighted by Gasteiger charge is -2.18. The summed E-state index contributed by atoms with van der Waals surface area (Å²) >= 11 is 0. The number of hydrogen-bond donors (Lipinski definition) is 3. The van der Waals surface area contributed by atoms with Crippen LogP contribution in [0.4, 0.5) is 0 Å². The van der Waals surface area contributed by atoms with Crippen molar-refractivity contribution in [1.82, 2.24) is 10.6 Å². The third kappa shape index (κ3) is 6.17. The zero-order valence-electron chi connectivity index (χ0n) is 12.4. The zero-order chi connectivity index (χ0) is 14.8. The van der Waals surface area contributed by atoms with Crippen LogP contribution in [0.1, 0.15) is 32.3 Å². The number of rotatable bonds is 9. The lowest BCUT2D eigenvalue weighted by atomic mass is 10.1. The summed E-state index contributed by atoms with van der Waals surface area (Å²) < 4.78 is 0. The third-order valence-electron chi connectivity index (χ3n) is 3.45. The Morgan fingerprint density at radius 3 is 2.35 bits per heavy atom. The normalized spacial score (nSPS) is 12.4. The van der Waals surface area contributed by atoms with Gasteiger partial charge in [-0.1, -0.05) is 44.2 Å². The SMILES string of the molecule is CCC(CC)NC(=O)CNC(CO)Cc1ccccc1. The number of carbonyl (C=O) groups is 1. The largest absolute Gasteiger partial charge is 0.395 e. The monoisotopic (exact) mass is 278 g/mol. The van der Waals surface area contributed by atoms with Crippen LogP contribution >= 0.6 is 0 Å². The predicted molar refractivity (Wildman–Crippen MR) is 81.5 cm³/mol. The van der Waals surface area contributed by atoms with E-state index in [1.807, 2.05) is 30.3 Å². The van der Waals surface area contributed by atoms with Crippen molar-refractivity contribution in [3.05, 3.63) is 35.9 Å². The number of hydrogen-bond acceptors (Lipinski definition) is 3. The topological polar surface area (TPSA) is 61.4 Å². The average molecular weight is 278 g/mol. The smallest absolute Gasteiger partial charge is 0.234 e. The molecule has 0 heterocycles. The van der Waals surface area contributed by atoms with E-state index < -0.39 is 0 Å². The maximum absolute atomic E-state index is 11.8. The van der Waals surface area contributed by atoms with Crippen molar-refractivity contribution in [2.24, 2.45) is 0 Å². The fourth-order valence-electron chi connectivity index (χ4n) is 2.11. The van der Waals surface area contributed by atoms with Crippen molar-refractivity contribution in [2.45, 2.75) is 45.2 Å². The quantitative estimate of drug-likeness (QED) is 0.641. The summed E-state index contributed by atoms with van der Waals surface area (Å²) in [6, 6.07) is 10.1. The Balaban J connectivity index is 2.36. The Morgan fingerprint density at radius 2 is 1.80 bits per heavy atom. The number of nitrogens with one attached hydrogen (secondary N) is 2. The van der Waals surface area contributed by atoms with Crippen molar-refractivity contribution in [1.29, 1.82) is 0 Å². The van der Waals surface area contributed by atoms with E-state index in [1.54, 1.807) is 0 Å². The zero-order valence-corrected chi connectivity index (χ0v) is 12.4. The molecule has 1 aromatic carbocycles. The molecule has 0 radical (unpaired) electrons. The van der Waals surface area contributed by atoms with E-state index in [0.29, 0.717) is 0 Å². The highest BCUT2D eigenvalue weighted by molar-refractivity contribution is 5.78. The molecule has 0 spiro atoms. The molecule has 0 bridgehead atoms. The van der Waals surface area contributed by atoms with Crippen LogP contribution in [-0.4, -0.2) is 36.2 Å². The minimum absolute atomic E-state index is 0.00906. The second kappa shape index (κ2) is 9.50. The second-order valence-electron chi connectivity index (χ2n) is 5.03. The minimum Gasteiger partial charge on any atom is -0.395 e. The molecule has 112 valence electrons. The maximum atomic E-state index is 11.8. The molecular formula is C16H26N2O2. The molecule has 0 saturated carbocycles. The van der Waals surface area contributed by atoms with Gasteiger partial charge in [0, 0.05) is 12.1 Å². The standard InChI is InChI=1S/C16H26N2O2/c1-3-14(4-2)18-16(20)11-17-15(12-19)10-13-8-6-5-7-9-13/h5-9,14-15,17,19H,3-4,10-12H2,1-2H3,(H,18,20). The van der Waals surface area contributed by atoms with Crippen LogP contribution in [0.5, 0.6) is 0 Å². The van der Waals surface area contributed by atoms with E-state index in [4.69, 9.17) is 0 Å². The van der Waals surface area contributed by atoms with Crippen LogP contribution < -0.4 is 10.6 Å². The molecule has 0 aliphatic carbocycles. The van der Waals surface area contributed by atoms with Crippen LogP contribution in [-0.2, 0) is 11.2 Å².